The first-order chi connectivity index (χ1) is 19.7. The van der Waals surface area contributed by atoms with E-state index in [2.05, 4.69) is 43.5 Å². The van der Waals surface area contributed by atoms with Crippen molar-refractivity contribution in [1.29, 1.82) is 0 Å². The fourth-order valence-electron chi connectivity index (χ4n) is 6.22. The number of amides is 1. The summed E-state index contributed by atoms with van der Waals surface area (Å²) in [6, 6.07) is 18.9. The zero-order valence-corrected chi connectivity index (χ0v) is 24.4. The van der Waals surface area contributed by atoms with Crippen molar-refractivity contribution in [3.05, 3.63) is 99.5 Å². The molecule has 0 bridgehead atoms. The molecular weight excluding hydrogens is 514 g/mol. The van der Waals surface area contributed by atoms with Crippen molar-refractivity contribution in [2.45, 2.75) is 95.5 Å². The van der Waals surface area contributed by atoms with Crippen LogP contribution in [-0.4, -0.2) is 39.9 Å². The van der Waals surface area contributed by atoms with E-state index >= 15 is 0 Å². The minimum atomic E-state index is -0.844. The van der Waals surface area contributed by atoms with Gasteiger partial charge in [0.2, 0.25) is 0 Å². The maximum Gasteiger partial charge on any atom is 0.253 e. The van der Waals surface area contributed by atoms with Gasteiger partial charge in [0, 0.05) is 42.9 Å². The third-order valence-corrected chi connectivity index (χ3v) is 8.51. The van der Waals surface area contributed by atoms with Crippen LogP contribution >= 0.6 is 0 Å². The molecule has 1 saturated carbocycles. The first-order valence-electron chi connectivity index (χ1n) is 15.0. The van der Waals surface area contributed by atoms with Crippen LogP contribution in [0.1, 0.15) is 92.0 Å². The Labute approximate surface area is 242 Å². The van der Waals surface area contributed by atoms with E-state index in [-0.39, 0.29) is 29.2 Å². The van der Waals surface area contributed by atoms with Gasteiger partial charge in [-0.15, -0.1) is 0 Å². The molecule has 2 aliphatic rings. The fourth-order valence-corrected chi connectivity index (χ4v) is 6.22. The summed E-state index contributed by atoms with van der Waals surface area (Å²) in [5, 5.41) is 18.2. The van der Waals surface area contributed by atoms with Gasteiger partial charge in [-0.25, -0.2) is 0 Å². The highest BCUT2D eigenvalue weighted by molar-refractivity contribution is 5.94. The van der Waals surface area contributed by atoms with Crippen molar-refractivity contribution in [1.82, 2.24) is 15.2 Å². The van der Waals surface area contributed by atoms with Crippen molar-refractivity contribution in [2.24, 2.45) is 0 Å². The van der Waals surface area contributed by atoms with Crippen LogP contribution in [0.4, 0.5) is 0 Å². The van der Waals surface area contributed by atoms with Crippen LogP contribution in [0.2, 0.25) is 0 Å². The van der Waals surface area contributed by atoms with Crippen molar-refractivity contribution in [3.63, 3.8) is 0 Å². The molecule has 2 aromatic carbocycles. The average Bonchev–Trinajstić information content (AvgIpc) is 3.50. The summed E-state index contributed by atoms with van der Waals surface area (Å²) in [6.07, 6.45) is 7.13. The summed E-state index contributed by atoms with van der Waals surface area (Å²) in [5.74, 6) is 0.582. The predicted molar refractivity (Wildman–Crippen MR) is 162 cm³/mol. The number of ether oxygens (including phenoxy) is 1. The fraction of sp³-hybridized carbons (Fsp3) is 0.471. The number of nitrogens with zero attached hydrogens (tertiary/aromatic N) is 1. The molecule has 0 spiro atoms. The molecule has 1 amide bonds. The van der Waals surface area contributed by atoms with E-state index in [1.165, 1.54) is 11.6 Å². The van der Waals surface area contributed by atoms with Crippen LogP contribution in [0.25, 0.3) is 0 Å². The summed E-state index contributed by atoms with van der Waals surface area (Å²) >= 11 is 0. The Hall–Kier alpha value is -3.42. The lowest BCUT2D eigenvalue weighted by molar-refractivity contribution is 0.0582. The van der Waals surface area contributed by atoms with E-state index in [1.807, 2.05) is 36.4 Å². The molecule has 7 nitrogen and oxygen atoms in total. The molecule has 1 aromatic heterocycles. The molecule has 3 aromatic rings. The highest BCUT2D eigenvalue weighted by atomic mass is 16.5. The summed E-state index contributed by atoms with van der Waals surface area (Å²) in [5.41, 5.74) is 3.38. The summed E-state index contributed by atoms with van der Waals surface area (Å²) in [6.45, 7) is 6.60. The number of benzene rings is 2. The topological polar surface area (TPSA) is 92.6 Å². The second kappa shape index (κ2) is 12.6. The van der Waals surface area contributed by atoms with E-state index in [4.69, 9.17) is 4.74 Å². The lowest BCUT2D eigenvalue weighted by Crippen LogP contribution is -2.50. The Morgan fingerprint density at radius 2 is 1.83 bits per heavy atom. The van der Waals surface area contributed by atoms with Gasteiger partial charge in [-0.3, -0.25) is 9.59 Å². The molecule has 1 aliphatic carbocycles. The van der Waals surface area contributed by atoms with Gasteiger partial charge in [-0.05, 0) is 62.8 Å². The van der Waals surface area contributed by atoms with Crippen molar-refractivity contribution in [2.75, 3.05) is 6.54 Å². The first kappa shape index (κ1) is 29.1. The maximum atomic E-state index is 13.5. The van der Waals surface area contributed by atoms with Crippen LogP contribution in [0.5, 0.6) is 5.75 Å². The summed E-state index contributed by atoms with van der Waals surface area (Å²) in [7, 11) is 0. The van der Waals surface area contributed by atoms with Crippen LogP contribution in [-0.2, 0) is 12.8 Å². The lowest BCUT2D eigenvalue weighted by atomic mass is 9.88. The average molecular weight is 558 g/mol. The lowest BCUT2D eigenvalue weighted by Gasteiger charge is -2.39. The zero-order chi connectivity index (χ0) is 29.0. The number of aliphatic hydroxyl groups excluding tert-OH is 1. The van der Waals surface area contributed by atoms with Crippen LogP contribution in [0.3, 0.4) is 0 Å². The normalized spacial score (nSPS) is 19.7. The quantitative estimate of drug-likeness (QED) is 0.322. The molecule has 7 heteroatoms. The Kier molecular flexibility index (Phi) is 8.95. The van der Waals surface area contributed by atoms with Crippen molar-refractivity contribution in [3.8, 4) is 5.75 Å². The Bertz CT molecular complexity index is 1390. The van der Waals surface area contributed by atoms with Gasteiger partial charge in [0.05, 0.1) is 17.7 Å². The monoisotopic (exact) mass is 557 g/mol. The smallest absolute Gasteiger partial charge is 0.253 e. The number of aryl methyl sites for hydroxylation is 1. The molecule has 5 rings (SSSR count). The molecule has 1 aliphatic heterocycles. The zero-order valence-electron chi connectivity index (χ0n) is 24.4. The molecule has 0 saturated heterocycles. The molecule has 218 valence electrons. The molecular formula is C34H43N3O4. The number of rotatable bonds is 10. The molecule has 3 atom stereocenters. The number of aliphatic hydroxyl groups is 1. The van der Waals surface area contributed by atoms with E-state index in [0.29, 0.717) is 18.5 Å². The largest absolute Gasteiger partial charge is 0.487 e. The number of fused-ring (bicyclic) bond motifs is 1. The van der Waals surface area contributed by atoms with Gasteiger partial charge in [0.15, 0.2) is 0 Å². The summed E-state index contributed by atoms with van der Waals surface area (Å²) in [4.78, 5) is 26.0. The van der Waals surface area contributed by atoms with Gasteiger partial charge in [-0.2, -0.15) is 0 Å². The van der Waals surface area contributed by atoms with Gasteiger partial charge in [-0.1, -0.05) is 62.2 Å². The SMILES string of the molecule is CCc1ccc2c(c1)[C@@H](NC[C@@H](O)[C@H](Cc1ccccc1)NC(=O)c1ccc(=O)n(C3CCCC3)c1)CC(C)(C)O2. The molecule has 1 fully saturated rings. The number of pyridine rings is 1. The number of carbonyl (C=O) groups excluding carboxylic acids is 1. The molecule has 0 unspecified atom stereocenters. The molecule has 2 heterocycles. The maximum absolute atomic E-state index is 13.5. The van der Waals surface area contributed by atoms with Gasteiger partial charge in [0.25, 0.3) is 11.5 Å². The van der Waals surface area contributed by atoms with E-state index < -0.39 is 12.1 Å². The van der Waals surface area contributed by atoms with Gasteiger partial charge in [0.1, 0.15) is 11.4 Å². The van der Waals surface area contributed by atoms with Crippen molar-refractivity contribution < 1.29 is 14.6 Å². The first-order valence-corrected chi connectivity index (χ1v) is 15.0. The Morgan fingerprint density at radius 1 is 1.07 bits per heavy atom. The van der Waals surface area contributed by atoms with E-state index in [1.54, 1.807) is 16.8 Å². The number of carbonyl (C=O) groups is 1. The van der Waals surface area contributed by atoms with Crippen LogP contribution in [0, 0.1) is 0 Å². The highest BCUT2D eigenvalue weighted by Crippen LogP contribution is 2.40. The third-order valence-electron chi connectivity index (χ3n) is 8.51. The molecule has 3 N–H and O–H groups in total. The Morgan fingerprint density at radius 3 is 2.56 bits per heavy atom. The van der Waals surface area contributed by atoms with Crippen LogP contribution in [0.15, 0.2) is 71.7 Å². The minimum absolute atomic E-state index is 0.0120. The molecule has 41 heavy (non-hydrogen) atoms. The van der Waals surface area contributed by atoms with E-state index in [0.717, 1.165) is 55.4 Å². The Balaban J connectivity index is 1.33. The number of aromatic nitrogens is 1. The van der Waals surface area contributed by atoms with Crippen LogP contribution < -0.4 is 20.9 Å². The standard InChI is InChI=1S/C34H43N3O4/c1-4-23-14-16-31-27(18-23)29(20-34(2,3)41-31)35-21-30(38)28(19-24-10-6-5-7-11-24)36-33(40)25-15-17-32(39)37(22-25)26-12-8-9-13-26/h5-7,10-11,14-18,22,26,28-30,35,38H,4,8-9,12-13,19-21H2,1-3H3,(H,36,40)/t28-,29-,30+/m0/s1. The number of nitrogens with one attached hydrogen (secondary N) is 2. The third kappa shape index (κ3) is 7.08. The van der Waals surface area contributed by atoms with Crippen molar-refractivity contribution >= 4 is 5.91 Å². The highest BCUT2D eigenvalue weighted by Gasteiger charge is 2.34. The van der Waals surface area contributed by atoms with E-state index in [9.17, 15) is 14.7 Å². The second-order valence-electron chi connectivity index (χ2n) is 12.2. The second-order valence-corrected chi connectivity index (χ2v) is 12.2. The minimum Gasteiger partial charge on any atom is -0.487 e. The molecule has 0 radical (unpaired) electrons. The van der Waals surface area contributed by atoms with Gasteiger partial charge >= 0.3 is 0 Å². The number of hydrogen-bond acceptors (Lipinski definition) is 5. The summed E-state index contributed by atoms with van der Waals surface area (Å²) < 4.78 is 7.96. The number of hydrogen-bond donors (Lipinski definition) is 3. The van der Waals surface area contributed by atoms with Gasteiger partial charge < -0.3 is 25.0 Å². The predicted octanol–water partition coefficient (Wildman–Crippen LogP) is 5.12.